The predicted octanol–water partition coefficient (Wildman–Crippen LogP) is 5.30. The number of rotatable bonds is 9. The summed E-state index contributed by atoms with van der Waals surface area (Å²) in [7, 11) is 0. The number of amides is 1. The fraction of sp³-hybridized carbons (Fsp3) is 0.276. The molecule has 10 heteroatoms. The number of halogens is 2. The maximum Gasteiger partial charge on any atom is 0.243 e. The lowest BCUT2D eigenvalue weighted by molar-refractivity contribution is -0.115. The number of nitrogens with two attached hydrogens (primary N) is 1. The lowest BCUT2D eigenvalue weighted by Gasteiger charge is -2.32. The highest BCUT2D eigenvalue weighted by Crippen LogP contribution is 2.22. The summed E-state index contributed by atoms with van der Waals surface area (Å²) in [6.45, 7) is 4.17. The monoisotopic (exact) mass is 570 g/mol. The Morgan fingerprint density at radius 3 is 2.28 bits per heavy atom. The van der Waals surface area contributed by atoms with Gasteiger partial charge in [0.05, 0.1) is 12.4 Å². The third-order valence-corrected chi connectivity index (χ3v) is 6.43. The first kappa shape index (κ1) is 31.5. The highest BCUT2D eigenvalue weighted by atomic mass is 35.5. The lowest BCUT2D eigenvalue weighted by atomic mass is 10.1. The van der Waals surface area contributed by atoms with E-state index >= 15 is 0 Å². The Labute approximate surface area is 242 Å². The van der Waals surface area contributed by atoms with Gasteiger partial charge in [-0.25, -0.2) is 0 Å². The van der Waals surface area contributed by atoms with Gasteiger partial charge in [0, 0.05) is 49.4 Å². The van der Waals surface area contributed by atoms with Crippen LogP contribution in [-0.2, 0) is 11.3 Å². The summed E-state index contributed by atoms with van der Waals surface area (Å²) < 4.78 is 6.12. The van der Waals surface area contributed by atoms with Crippen LogP contribution in [0.2, 0.25) is 0 Å². The van der Waals surface area contributed by atoms with Gasteiger partial charge in [0.25, 0.3) is 0 Å². The highest BCUT2D eigenvalue weighted by molar-refractivity contribution is 5.97. The summed E-state index contributed by atoms with van der Waals surface area (Å²) in [4.78, 5) is 17.1. The molecule has 3 aromatic carbocycles. The molecule has 1 heterocycles. The second-order valence-electron chi connectivity index (χ2n) is 9.27. The Hall–Kier alpha value is -3.75. The number of carbonyl (C=O) groups excluding carboxylic acids is 1. The molecule has 3 aromatic rings. The Morgan fingerprint density at radius 2 is 1.67 bits per heavy atom. The largest absolute Gasteiger partial charge is 0.490 e. The molecule has 1 fully saturated rings. The Bertz CT molecular complexity index is 1230. The van der Waals surface area contributed by atoms with Gasteiger partial charge in [0.15, 0.2) is 0 Å². The van der Waals surface area contributed by atoms with E-state index in [1.807, 2.05) is 84.6 Å². The Morgan fingerprint density at radius 1 is 1.00 bits per heavy atom. The van der Waals surface area contributed by atoms with Crippen molar-refractivity contribution in [2.45, 2.75) is 32.4 Å². The van der Waals surface area contributed by atoms with Crippen LogP contribution in [0.3, 0.4) is 0 Å². The van der Waals surface area contributed by atoms with E-state index < -0.39 is 0 Å². The molecule has 0 radical (unpaired) electrons. The first-order valence-corrected chi connectivity index (χ1v) is 12.5. The number of hydrogen-bond acceptors (Lipinski definition) is 5. The molecule has 0 aromatic heterocycles. The highest BCUT2D eigenvalue weighted by Gasteiger charge is 2.21. The smallest absolute Gasteiger partial charge is 0.243 e. The Kier molecular flexibility index (Phi) is 12.1. The molecule has 1 amide bonds. The maximum absolute atomic E-state index is 13.0. The molecular weight excluding hydrogens is 535 g/mol. The van der Waals surface area contributed by atoms with Crippen molar-refractivity contribution in [3.05, 3.63) is 90.0 Å². The van der Waals surface area contributed by atoms with Crippen molar-refractivity contribution in [3.8, 4) is 5.75 Å². The van der Waals surface area contributed by atoms with Gasteiger partial charge in [-0.1, -0.05) is 42.5 Å². The predicted molar refractivity (Wildman–Crippen MR) is 163 cm³/mol. The average molecular weight is 572 g/mol. The number of amidine groups is 2. The van der Waals surface area contributed by atoms with Crippen molar-refractivity contribution in [3.63, 3.8) is 0 Å². The number of anilines is 2. The van der Waals surface area contributed by atoms with Gasteiger partial charge in [-0.3, -0.25) is 15.6 Å². The van der Waals surface area contributed by atoms with E-state index in [0.29, 0.717) is 23.6 Å². The molecule has 5 N–H and O–H groups in total. The van der Waals surface area contributed by atoms with E-state index in [0.717, 1.165) is 42.9 Å². The van der Waals surface area contributed by atoms with Gasteiger partial charge in [0.2, 0.25) is 5.91 Å². The van der Waals surface area contributed by atoms with Crippen molar-refractivity contribution in [2.75, 3.05) is 29.9 Å². The molecule has 4 rings (SSSR count). The second-order valence-corrected chi connectivity index (χ2v) is 9.27. The maximum atomic E-state index is 13.0. The minimum Gasteiger partial charge on any atom is -0.490 e. The number of ether oxygens (including phenoxy) is 1. The fourth-order valence-electron chi connectivity index (χ4n) is 4.40. The number of nitrogen functional groups attached to an aromatic ring is 1. The van der Waals surface area contributed by atoms with Gasteiger partial charge in [-0.05, 0) is 48.9 Å². The average Bonchev–Trinajstić information content (AvgIpc) is 2.90. The van der Waals surface area contributed by atoms with Crippen LogP contribution in [0.5, 0.6) is 5.75 Å². The number of piperidine rings is 1. The first-order valence-electron chi connectivity index (χ1n) is 12.5. The van der Waals surface area contributed by atoms with E-state index in [1.165, 1.54) is 0 Å². The summed E-state index contributed by atoms with van der Waals surface area (Å²) in [6, 6.07) is 24.8. The van der Waals surface area contributed by atoms with Crippen molar-refractivity contribution in [2.24, 2.45) is 5.73 Å². The summed E-state index contributed by atoms with van der Waals surface area (Å²) in [5, 5.41) is 18.5. The number of nitrogens with zero attached hydrogens (tertiary/aromatic N) is 2. The van der Waals surface area contributed by atoms with E-state index in [1.54, 1.807) is 6.07 Å². The summed E-state index contributed by atoms with van der Waals surface area (Å²) in [6.07, 6.45) is 1.90. The molecule has 0 saturated carbocycles. The van der Waals surface area contributed by atoms with E-state index in [-0.39, 0.29) is 49.2 Å². The third kappa shape index (κ3) is 9.19. The lowest BCUT2D eigenvalue weighted by Crippen LogP contribution is -2.40. The van der Waals surface area contributed by atoms with Gasteiger partial charge in [0.1, 0.15) is 17.7 Å². The van der Waals surface area contributed by atoms with Crippen LogP contribution in [-0.4, -0.2) is 48.2 Å². The molecule has 8 nitrogen and oxygen atoms in total. The van der Waals surface area contributed by atoms with Crippen LogP contribution in [0.1, 0.15) is 30.9 Å². The minimum atomic E-state index is -0.146. The van der Waals surface area contributed by atoms with E-state index in [2.05, 4.69) is 10.2 Å². The molecule has 1 aliphatic heterocycles. The fourth-order valence-corrected chi connectivity index (χ4v) is 4.40. The van der Waals surface area contributed by atoms with Gasteiger partial charge in [-0.15, -0.1) is 24.8 Å². The van der Waals surface area contributed by atoms with Crippen LogP contribution in [0.25, 0.3) is 0 Å². The van der Waals surface area contributed by atoms with Crippen molar-refractivity contribution >= 4 is 53.8 Å². The van der Waals surface area contributed by atoms with E-state index in [9.17, 15) is 4.79 Å². The molecule has 0 aliphatic carbocycles. The zero-order valence-corrected chi connectivity index (χ0v) is 23.6. The first-order chi connectivity index (χ1) is 17.9. The van der Waals surface area contributed by atoms with Crippen molar-refractivity contribution in [1.82, 2.24) is 4.90 Å². The molecule has 0 unspecified atom stereocenters. The third-order valence-electron chi connectivity index (χ3n) is 6.43. The quantitative estimate of drug-likeness (QED) is 0.205. The van der Waals surface area contributed by atoms with E-state index in [4.69, 9.17) is 21.3 Å². The Balaban J connectivity index is 0.00000267. The molecule has 1 saturated heterocycles. The minimum absolute atomic E-state index is 0. The summed E-state index contributed by atoms with van der Waals surface area (Å²) >= 11 is 0. The number of hydrogen-bond donors (Lipinski definition) is 4. The normalized spacial score (nSPS) is 12.9. The van der Waals surface area contributed by atoms with Gasteiger partial charge in [-0.2, -0.15) is 0 Å². The van der Waals surface area contributed by atoms with Gasteiger partial charge >= 0.3 is 0 Å². The van der Waals surface area contributed by atoms with Crippen LogP contribution in [0.4, 0.5) is 11.4 Å². The number of nitrogens with one attached hydrogen (secondary N) is 3. The van der Waals surface area contributed by atoms with Crippen molar-refractivity contribution < 1.29 is 9.53 Å². The summed E-state index contributed by atoms with van der Waals surface area (Å²) in [5.74, 6) is 1.22. The van der Waals surface area contributed by atoms with Crippen LogP contribution >= 0.6 is 24.8 Å². The molecular formula is C29H36Cl2N6O2. The second kappa shape index (κ2) is 15.0. The van der Waals surface area contributed by atoms with Crippen molar-refractivity contribution in [1.29, 1.82) is 10.8 Å². The molecule has 39 heavy (non-hydrogen) atoms. The van der Waals surface area contributed by atoms with Crippen LogP contribution < -0.4 is 20.7 Å². The number of benzene rings is 3. The standard InChI is InChI=1S/C29H34N6O2.2ClH/c1-21(30)34-16-14-27(15-17-34)37-26-12-10-24(11-13-26)33-28(36)20-35(19-22-6-3-2-4-7-22)25-9-5-8-23(18-25)29(31)32;;/h2-13,18,27,30H,14-17,19-20H2,1H3,(H3,31,32)(H,33,36);2*1H. The molecule has 0 spiro atoms. The zero-order chi connectivity index (χ0) is 26.2. The summed E-state index contributed by atoms with van der Waals surface area (Å²) in [5.41, 5.74) is 8.90. The van der Waals surface area contributed by atoms with Crippen LogP contribution in [0.15, 0.2) is 78.9 Å². The molecule has 1 aliphatic rings. The zero-order valence-electron chi connectivity index (χ0n) is 21.9. The molecule has 0 atom stereocenters. The number of likely N-dealkylation sites (tertiary alicyclic amines) is 1. The topological polar surface area (TPSA) is 119 Å². The van der Waals surface area contributed by atoms with Gasteiger partial charge < -0.3 is 25.6 Å². The number of carbonyl (C=O) groups is 1. The molecule has 208 valence electrons. The molecule has 0 bridgehead atoms. The van der Waals surface area contributed by atoms with Crippen LogP contribution in [0, 0.1) is 10.8 Å². The SMILES string of the molecule is CC(=N)N1CCC(Oc2ccc(NC(=O)CN(Cc3ccccc3)c3cccc(C(=N)N)c3)cc2)CC1.Cl.Cl.